The minimum absolute atomic E-state index is 0.107. The van der Waals surface area contributed by atoms with Crippen molar-refractivity contribution in [1.82, 2.24) is 5.32 Å². The fourth-order valence-corrected chi connectivity index (χ4v) is 2.33. The van der Waals surface area contributed by atoms with Gasteiger partial charge in [0.1, 0.15) is 13.2 Å². The van der Waals surface area contributed by atoms with E-state index in [0.29, 0.717) is 32.1 Å². The van der Waals surface area contributed by atoms with Crippen LogP contribution in [0.2, 0.25) is 0 Å². The van der Waals surface area contributed by atoms with Crippen molar-refractivity contribution in [2.45, 2.75) is 39.5 Å². The van der Waals surface area contributed by atoms with Crippen LogP contribution >= 0.6 is 0 Å². The van der Waals surface area contributed by atoms with Gasteiger partial charge >= 0.3 is 0 Å². The SMILES string of the molecule is CC(C)CC(=O)NCC(C)(C)c1ccc2c(c1)OCCO2. The van der Waals surface area contributed by atoms with Crippen LogP contribution in [-0.4, -0.2) is 25.7 Å². The Morgan fingerprint density at radius 3 is 2.57 bits per heavy atom. The number of carbonyl (C=O) groups excluding carboxylic acids is 1. The average molecular weight is 291 g/mol. The highest BCUT2D eigenvalue weighted by atomic mass is 16.6. The highest BCUT2D eigenvalue weighted by Crippen LogP contribution is 2.34. The molecular weight excluding hydrogens is 266 g/mol. The third-order valence-electron chi connectivity index (χ3n) is 3.64. The molecule has 0 bridgehead atoms. The van der Waals surface area contributed by atoms with Crippen LogP contribution in [-0.2, 0) is 10.2 Å². The summed E-state index contributed by atoms with van der Waals surface area (Å²) in [7, 11) is 0. The standard InChI is InChI=1S/C17H25NO3/c1-12(2)9-16(19)18-11-17(3,4)13-5-6-14-15(10-13)21-8-7-20-14/h5-6,10,12H,7-9,11H2,1-4H3,(H,18,19). The van der Waals surface area contributed by atoms with Crippen molar-refractivity contribution in [2.75, 3.05) is 19.8 Å². The maximum atomic E-state index is 11.8. The van der Waals surface area contributed by atoms with Crippen LogP contribution in [0.4, 0.5) is 0 Å². The van der Waals surface area contributed by atoms with Crippen LogP contribution in [0.3, 0.4) is 0 Å². The van der Waals surface area contributed by atoms with E-state index in [1.54, 1.807) is 0 Å². The number of ether oxygens (including phenoxy) is 2. The maximum Gasteiger partial charge on any atom is 0.220 e. The number of carbonyl (C=O) groups is 1. The smallest absolute Gasteiger partial charge is 0.220 e. The molecule has 0 radical (unpaired) electrons. The Labute approximate surface area is 126 Å². The lowest BCUT2D eigenvalue weighted by molar-refractivity contribution is -0.122. The number of rotatable bonds is 5. The summed E-state index contributed by atoms with van der Waals surface area (Å²) in [4.78, 5) is 11.8. The minimum atomic E-state index is -0.150. The third-order valence-corrected chi connectivity index (χ3v) is 3.64. The summed E-state index contributed by atoms with van der Waals surface area (Å²) in [5, 5.41) is 3.02. The van der Waals surface area contributed by atoms with E-state index < -0.39 is 0 Å². The first kappa shape index (κ1) is 15.7. The summed E-state index contributed by atoms with van der Waals surface area (Å²) in [6, 6.07) is 6.01. The first-order chi connectivity index (χ1) is 9.88. The molecule has 0 unspecified atom stereocenters. The molecule has 0 spiro atoms. The van der Waals surface area contributed by atoms with Crippen molar-refractivity contribution in [3.63, 3.8) is 0 Å². The van der Waals surface area contributed by atoms with Gasteiger partial charge in [0.2, 0.25) is 5.91 Å². The second-order valence-corrected chi connectivity index (χ2v) is 6.62. The van der Waals surface area contributed by atoms with Crippen molar-refractivity contribution in [2.24, 2.45) is 5.92 Å². The van der Waals surface area contributed by atoms with Gasteiger partial charge in [0.25, 0.3) is 0 Å². The molecule has 1 N–H and O–H groups in total. The number of nitrogens with one attached hydrogen (secondary N) is 1. The van der Waals surface area contributed by atoms with Gasteiger partial charge in [-0.05, 0) is 23.6 Å². The summed E-state index contributed by atoms with van der Waals surface area (Å²) in [5.74, 6) is 2.07. The first-order valence-corrected chi connectivity index (χ1v) is 7.55. The predicted molar refractivity (Wildman–Crippen MR) is 82.9 cm³/mol. The molecule has 1 aliphatic heterocycles. The van der Waals surface area contributed by atoms with Crippen molar-refractivity contribution in [3.05, 3.63) is 23.8 Å². The topological polar surface area (TPSA) is 47.6 Å². The van der Waals surface area contributed by atoms with Crippen molar-refractivity contribution >= 4 is 5.91 Å². The number of fused-ring (bicyclic) bond motifs is 1. The average Bonchev–Trinajstić information content (AvgIpc) is 2.44. The molecule has 4 heteroatoms. The van der Waals surface area contributed by atoms with Crippen LogP contribution in [0.1, 0.15) is 39.7 Å². The quantitative estimate of drug-likeness (QED) is 0.907. The fraction of sp³-hybridized carbons (Fsp3) is 0.588. The lowest BCUT2D eigenvalue weighted by Gasteiger charge is -2.28. The van der Waals surface area contributed by atoms with E-state index in [9.17, 15) is 4.79 Å². The van der Waals surface area contributed by atoms with Crippen LogP contribution < -0.4 is 14.8 Å². The third kappa shape index (κ3) is 4.13. The summed E-state index contributed by atoms with van der Waals surface area (Å²) in [6.45, 7) is 10.1. The second-order valence-electron chi connectivity index (χ2n) is 6.62. The monoisotopic (exact) mass is 291 g/mol. The molecule has 0 saturated heterocycles. The van der Waals surface area contributed by atoms with E-state index in [4.69, 9.17) is 9.47 Å². The first-order valence-electron chi connectivity index (χ1n) is 7.55. The van der Waals surface area contributed by atoms with Gasteiger partial charge in [0.15, 0.2) is 11.5 Å². The van der Waals surface area contributed by atoms with E-state index in [-0.39, 0.29) is 11.3 Å². The van der Waals surface area contributed by atoms with Gasteiger partial charge in [0, 0.05) is 18.4 Å². The zero-order chi connectivity index (χ0) is 15.5. The summed E-state index contributed by atoms with van der Waals surface area (Å²) in [6.07, 6.45) is 0.567. The molecule has 1 heterocycles. The van der Waals surface area contributed by atoms with E-state index >= 15 is 0 Å². The van der Waals surface area contributed by atoms with Gasteiger partial charge in [-0.1, -0.05) is 33.8 Å². The molecular formula is C17H25NO3. The Balaban J connectivity index is 2.03. The van der Waals surface area contributed by atoms with E-state index in [1.807, 2.05) is 32.0 Å². The van der Waals surface area contributed by atoms with Crippen LogP contribution in [0.15, 0.2) is 18.2 Å². The van der Waals surface area contributed by atoms with Gasteiger partial charge in [-0.15, -0.1) is 0 Å². The molecule has 0 saturated carbocycles. The van der Waals surface area contributed by atoms with E-state index in [0.717, 1.165) is 17.1 Å². The molecule has 2 rings (SSSR count). The lowest BCUT2D eigenvalue weighted by Crippen LogP contribution is -2.37. The molecule has 0 aromatic heterocycles. The number of amides is 1. The van der Waals surface area contributed by atoms with Crippen molar-refractivity contribution in [3.8, 4) is 11.5 Å². The van der Waals surface area contributed by atoms with Crippen LogP contribution in [0.25, 0.3) is 0 Å². The van der Waals surface area contributed by atoms with Crippen molar-refractivity contribution in [1.29, 1.82) is 0 Å². The van der Waals surface area contributed by atoms with Gasteiger partial charge in [0.05, 0.1) is 0 Å². The van der Waals surface area contributed by atoms with Gasteiger partial charge in [-0.3, -0.25) is 4.79 Å². The molecule has 0 atom stereocenters. The van der Waals surface area contributed by atoms with Gasteiger partial charge in [-0.2, -0.15) is 0 Å². The Hall–Kier alpha value is -1.71. The molecule has 4 nitrogen and oxygen atoms in total. The molecule has 21 heavy (non-hydrogen) atoms. The second kappa shape index (κ2) is 6.37. The highest BCUT2D eigenvalue weighted by molar-refractivity contribution is 5.76. The summed E-state index contributed by atoms with van der Waals surface area (Å²) in [5.41, 5.74) is 0.985. The van der Waals surface area contributed by atoms with E-state index in [1.165, 1.54) is 0 Å². The highest BCUT2D eigenvalue weighted by Gasteiger charge is 2.24. The number of hydrogen-bond donors (Lipinski definition) is 1. The molecule has 116 valence electrons. The number of benzene rings is 1. The Kier molecular flexibility index (Phi) is 4.76. The molecule has 1 aromatic carbocycles. The molecule has 1 amide bonds. The van der Waals surface area contributed by atoms with Gasteiger partial charge < -0.3 is 14.8 Å². The lowest BCUT2D eigenvalue weighted by atomic mass is 9.84. The zero-order valence-electron chi connectivity index (χ0n) is 13.4. The Morgan fingerprint density at radius 2 is 1.90 bits per heavy atom. The van der Waals surface area contributed by atoms with E-state index in [2.05, 4.69) is 19.2 Å². The normalized spacial score (nSPS) is 14.1. The van der Waals surface area contributed by atoms with Crippen molar-refractivity contribution < 1.29 is 14.3 Å². The molecule has 1 aliphatic rings. The summed E-state index contributed by atoms with van der Waals surface area (Å²) < 4.78 is 11.2. The number of hydrogen-bond acceptors (Lipinski definition) is 3. The predicted octanol–water partition coefficient (Wildman–Crippen LogP) is 2.90. The fourth-order valence-electron chi connectivity index (χ4n) is 2.33. The molecule has 0 aliphatic carbocycles. The van der Waals surface area contributed by atoms with Crippen LogP contribution in [0, 0.1) is 5.92 Å². The zero-order valence-corrected chi connectivity index (χ0v) is 13.4. The Morgan fingerprint density at radius 1 is 1.24 bits per heavy atom. The van der Waals surface area contributed by atoms with Crippen LogP contribution in [0.5, 0.6) is 11.5 Å². The molecule has 1 aromatic rings. The summed E-state index contributed by atoms with van der Waals surface area (Å²) >= 11 is 0. The minimum Gasteiger partial charge on any atom is -0.486 e. The molecule has 0 fully saturated rings. The van der Waals surface area contributed by atoms with Gasteiger partial charge in [-0.25, -0.2) is 0 Å². The Bertz CT molecular complexity index is 509. The maximum absolute atomic E-state index is 11.8. The largest absolute Gasteiger partial charge is 0.486 e.